The number of hydrogen-bond acceptors (Lipinski definition) is 3. The molecule has 2 unspecified atom stereocenters. The summed E-state index contributed by atoms with van der Waals surface area (Å²) in [5.41, 5.74) is 0.632. The molecule has 1 aliphatic heterocycles. The van der Waals surface area contributed by atoms with Gasteiger partial charge in [0.15, 0.2) is 11.5 Å². The van der Waals surface area contributed by atoms with Crippen LogP contribution in [0.15, 0.2) is 18.2 Å². The van der Waals surface area contributed by atoms with Crippen LogP contribution in [0.3, 0.4) is 0 Å². The smallest absolute Gasteiger partial charge is 0.251 e. The second-order valence-corrected chi connectivity index (χ2v) is 6.32. The van der Waals surface area contributed by atoms with E-state index < -0.39 is 0 Å². The molecule has 1 aromatic carbocycles. The van der Waals surface area contributed by atoms with Gasteiger partial charge in [0, 0.05) is 17.4 Å². The van der Waals surface area contributed by atoms with E-state index in [1.54, 1.807) is 18.2 Å². The van der Waals surface area contributed by atoms with Crippen molar-refractivity contribution >= 4 is 21.8 Å². The highest BCUT2D eigenvalue weighted by Crippen LogP contribution is 2.33. The van der Waals surface area contributed by atoms with E-state index in [9.17, 15) is 4.79 Å². The van der Waals surface area contributed by atoms with Gasteiger partial charge in [0.25, 0.3) is 5.91 Å². The molecular formula is C16H20BrNO3. The lowest BCUT2D eigenvalue weighted by Crippen LogP contribution is -2.31. The largest absolute Gasteiger partial charge is 0.486 e. The molecule has 0 radical (unpaired) electrons. The molecule has 114 valence electrons. The lowest BCUT2D eigenvalue weighted by Gasteiger charge is -2.20. The monoisotopic (exact) mass is 353 g/mol. The minimum atomic E-state index is -0.0350. The lowest BCUT2D eigenvalue weighted by molar-refractivity contribution is 0.0943. The Hall–Kier alpha value is -1.23. The summed E-state index contributed by atoms with van der Waals surface area (Å²) in [5.74, 6) is 2.62. The Bertz CT molecular complexity index is 520. The molecular weight excluding hydrogens is 334 g/mol. The maximum atomic E-state index is 12.3. The zero-order chi connectivity index (χ0) is 14.7. The first-order valence-corrected chi connectivity index (χ1v) is 8.64. The number of carbonyl (C=O) groups excluding carboxylic acids is 1. The van der Waals surface area contributed by atoms with Gasteiger partial charge < -0.3 is 14.8 Å². The molecule has 1 amide bonds. The molecule has 2 aliphatic rings. The van der Waals surface area contributed by atoms with Crippen LogP contribution < -0.4 is 14.8 Å². The second-order valence-electron chi connectivity index (χ2n) is 5.67. The summed E-state index contributed by atoms with van der Waals surface area (Å²) < 4.78 is 11.0. The third-order valence-corrected chi connectivity index (χ3v) is 5.18. The first-order valence-electron chi connectivity index (χ1n) is 7.51. The van der Waals surface area contributed by atoms with Gasteiger partial charge >= 0.3 is 0 Å². The molecule has 3 rings (SSSR count). The van der Waals surface area contributed by atoms with Gasteiger partial charge in [0.2, 0.25) is 0 Å². The number of amides is 1. The highest BCUT2D eigenvalue weighted by atomic mass is 79.9. The standard InChI is InChI=1S/C16H20BrNO3/c17-9-12-2-1-3-13(12)10-18-16(19)11-4-5-14-15(8-11)21-7-6-20-14/h4-5,8,12-13H,1-3,6-7,9-10H2,(H,18,19). The van der Waals surface area contributed by atoms with E-state index >= 15 is 0 Å². The fourth-order valence-electron chi connectivity index (χ4n) is 3.10. The molecule has 0 spiro atoms. The van der Waals surface area contributed by atoms with Crippen LogP contribution in [-0.2, 0) is 0 Å². The summed E-state index contributed by atoms with van der Waals surface area (Å²) in [5, 5.41) is 4.08. The molecule has 5 heteroatoms. The quantitative estimate of drug-likeness (QED) is 0.846. The molecule has 1 N–H and O–H groups in total. The van der Waals surface area contributed by atoms with Crippen molar-refractivity contribution in [2.75, 3.05) is 25.1 Å². The number of hydrogen-bond donors (Lipinski definition) is 1. The molecule has 0 saturated heterocycles. The molecule has 2 atom stereocenters. The number of halogens is 1. The van der Waals surface area contributed by atoms with Crippen molar-refractivity contribution in [3.63, 3.8) is 0 Å². The van der Waals surface area contributed by atoms with Gasteiger partial charge in [0.1, 0.15) is 13.2 Å². The molecule has 21 heavy (non-hydrogen) atoms. The molecule has 1 aromatic rings. The molecule has 1 saturated carbocycles. The number of carbonyl (C=O) groups is 1. The Balaban J connectivity index is 1.60. The number of benzene rings is 1. The van der Waals surface area contributed by atoms with E-state index in [4.69, 9.17) is 9.47 Å². The lowest BCUT2D eigenvalue weighted by atomic mass is 9.98. The van der Waals surface area contributed by atoms with Crippen LogP contribution in [0, 0.1) is 11.8 Å². The van der Waals surface area contributed by atoms with Crippen molar-refractivity contribution in [1.29, 1.82) is 0 Å². The Morgan fingerprint density at radius 2 is 1.95 bits per heavy atom. The normalized spacial score (nSPS) is 23.9. The summed E-state index contributed by atoms with van der Waals surface area (Å²) in [7, 11) is 0. The summed E-state index contributed by atoms with van der Waals surface area (Å²) in [6.07, 6.45) is 3.73. The topological polar surface area (TPSA) is 47.6 Å². The van der Waals surface area contributed by atoms with Gasteiger partial charge in [0.05, 0.1) is 0 Å². The Morgan fingerprint density at radius 3 is 2.76 bits per heavy atom. The summed E-state index contributed by atoms with van der Waals surface area (Å²) in [6.45, 7) is 1.85. The molecule has 4 nitrogen and oxygen atoms in total. The Kier molecular flexibility index (Phi) is 4.68. The van der Waals surface area contributed by atoms with Crippen LogP contribution in [0.2, 0.25) is 0 Å². The molecule has 0 aromatic heterocycles. The third-order valence-electron chi connectivity index (χ3n) is 4.34. The second kappa shape index (κ2) is 6.69. The predicted molar refractivity (Wildman–Crippen MR) is 84.4 cm³/mol. The molecule has 0 bridgehead atoms. The van der Waals surface area contributed by atoms with E-state index in [0.717, 1.165) is 11.9 Å². The summed E-state index contributed by atoms with van der Waals surface area (Å²) >= 11 is 3.57. The van der Waals surface area contributed by atoms with Crippen molar-refractivity contribution in [1.82, 2.24) is 5.32 Å². The maximum Gasteiger partial charge on any atom is 0.251 e. The van der Waals surface area contributed by atoms with Crippen molar-refractivity contribution in [2.45, 2.75) is 19.3 Å². The van der Waals surface area contributed by atoms with Crippen molar-refractivity contribution in [3.05, 3.63) is 23.8 Å². The van der Waals surface area contributed by atoms with E-state index in [2.05, 4.69) is 21.2 Å². The first-order chi connectivity index (χ1) is 10.3. The number of rotatable bonds is 4. The van der Waals surface area contributed by atoms with Crippen LogP contribution in [0.25, 0.3) is 0 Å². The van der Waals surface area contributed by atoms with Crippen LogP contribution in [0.4, 0.5) is 0 Å². The summed E-state index contributed by atoms with van der Waals surface area (Å²) in [4.78, 5) is 12.3. The molecule has 1 aliphatic carbocycles. The fraction of sp³-hybridized carbons (Fsp3) is 0.562. The Labute approximate surface area is 133 Å². The highest BCUT2D eigenvalue weighted by Gasteiger charge is 2.26. The average molecular weight is 354 g/mol. The SMILES string of the molecule is O=C(NCC1CCCC1CBr)c1ccc2c(c1)OCCO2. The first kappa shape index (κ1) is 14.7. The van der Waals surface area contributed by atoms with Crippen LogP contribution in [-0.4, -0.2) is 31.0 Å². The fourth-order valence-corrected chi connectivity index (χ4v) is 3.95. The van der Waals surface area contributed by atoms with E-state index in [0.29, 0.717) is 42.1 Å². The maximum absolute atomic E-state index is 12.3. The number of fused-ring (bicyclic) bond motifs is 1. The molecule has 1 heterocycles. The number of nitrogens with one attached hydrogen (secondary N) is 1. The minimum absolute atomic E-state index is 0.0350. The zero-order valence-corrected chi connectivity index (χ0v) is 13.5. The number of ether oxygens (including phenoxy) is 2. The predicted octanol–water partition coefficient (Wildman–Crippen LogP) is 3.00. The van der Waals surface area contributed by atoms with Crippen molar-refractivity contribution in [2.24, 2.45) is 11.8 Å². The van der Waals surface area contributed by atoms with Gasteiger partial charge in [-0.25, -0.2) is 0 Å². The van der Waals surface area contributed by atoms with E-state index in [1.165, 1.54) is 19.3 Å². The van der Waals surface area contributed by atoms with Crippen molar-refractivity contribution < 1.29 is 14.3 Å². The average Bonchev–Trinajstić information content (AvgIpc) is 2.99. The van der Waals surface area contributed by atoms with Gasteiger partial charge in [-0.05, 0) is 42.9 Å². The molecule has 1 fully saturated rings. The Morgan fingerprint density at radius 1 is 1.19 bits per heavy atom. The van der Waals surface area contributed by atoms with E-state index in [1.807, 2.05) is 0 Å². The zero-order valence-electron chi connectivity index (χ0n) is 11.9. The van der Waals surface area contributed by atoms with Crippen LogP contribution >= 0.6 is 15.9 Å². The minimum Gasteiger partial charge on any atom is -0.486 e. The van der Waals surface area contributed by atoms with Crippen LogP contribution in [0.1, 0.15) is 29.6 Å². The van der Waals surface area contributed by atoms with Crippen LogP contribution in [0.5, 0.6) is 11.5 Å². The third kappa shape index (κ3) is 3.34. The summed E-state index contributed by atoms with van der Waals surface area (Å²) in [6, 6.07) is 5.36. The van der Waals surface area contributed by atoms with Gasteiger partial charge in [-0.15, -0.1) is 0 Å². The van der Waals surface area contributed by atoms with E-state index in [-0.39, 0.29) is 5.91 Å². The highest BCUT2D eigenvalue weighted by molar-refractivity contribution is 9.09. The van der Waals surface area contributed by atoms with Gasteiger partial charge in [-0.3, -0.25) is 4.79 Å². The van der Waals surface area contributed by atoms with Gasteiger partial charge in [-0.2, -0.15) is 0 Å². The van der Waals surface area contributed by atoms with Gasteiger partial charge in [-0.1, -0.05) is 22.4 Å². The number of alkyl halides is 1. The van der Waals surface area contributed by atoms with Crippen molar-refractivity contribution in [3.8, 4) is 11.5 Å².